The lowest BCUT2D eigenvalue weighted by atomic mass is 10.1. The summed E-state index contributed by atoms with van der Waals surface area (Å²) in [4.78, 5) is 17.0. The maximum absolute atomic E-state index is 12.1. The van der Waals surface area contributed by atoms with E-state index in [1.807, 2.05) is 46.0 Å². The monoisotopic (exact) mass is 294 g/mol. The molecule has 1 aromatic rings. The minimum Gasteiger partial charge on any atom is -0.444 e. The molecular weight excluding hydrogens is 268 g/mol. The van der Waals surface area contributed by atoms with Gasteiger partial charge >= 0.3 is 6.09 Å². The Hall–Kier alpha value is -1.49. The first-order valence-electron chi connectivity index (χ1n) is 7.62. The van der Waals surface area contributed by atoms with E-state index in [-0.39, 0.29) is 18.3 Å². The van der Waals surface area contributed by atoms with E-state index >= 15 is 0 Å². The van der Waals surface area contributed by atoms with Crippen molar-refractivity contribution in [2.75, 3.05) is 13.1 Å². The lowest BCUT2D eigenvalue weighted by molar-refractivity contribution is -0.0495. The van der Waals surface area contributed by atoms with Crippen molar-refractivity contribution in [1.29, 1.82) is 0 Å². The van der Waals surface area contributed by atoms with Gasteiger partial charge < -0.3 is 19.4 Å². The Morgan fingerprint density at radius 1 is 1.48 bits per heavy atom. The number of hydrogen-bond acceptors (Lipinski definition) is 3. The Morgan fingerprint density at radius 2 is 2.24 bits per heavy atom. The summed E-state index contributed by atoms with van der Waals surface area (Å²) in [6, 6.07) is 3.97. The fraction of sp³-hybridized carbons (Fsp3) is 0.688. The topological polar surface area (TPSA) is 54.6 Å². The number of likely N-dealkylation sites (tertiary alicyclic amines) is 1. The molecule has 1 aliphatic rings. The predicted octanol–water partition coefficient (Wildman–Crippen LogP) is 3.49. The molecular formula is C16H26N2O3. The number of ether oxygens (including phenoxy) is 2. The van der Waals surface area contributed by atoms with Gasteiger partial charge in [-0.15, -0.1) is 0 Å². The number of hydrogen-bond donors (Lipinski definition) is 1. The van der Waals surface area contributed by atoms with Crippen LogP contribution in [0, 0.1) is 0 Å². The summed E-state index contributed by atoms with van der Waals surface area (Å²) in [7, 11) is 0. The number of nitrogens with zero attached hydrogens (tertiary/aromatic N) is 1. The third-order valence-corrected chi connectivity index (χ3v) is 3.49. The van der Waals surface area contributed by atoms with Crippen molar-refractivity contribution in [3.8, 4) is 0 Å². The van der Waals surface area contributed by atoms with Gasteiger partial charge in [0.1, 0.15) is 5.60 Å². The average Bonchev–Trinajstić information content (AvgIpc) is 2.91. The average molecular weight is 294 g/mol. The molecule has 0 bridgehead atoms. The van der Waals surface area contributed by atoms with Crippen LogP contribution in [-0.4, -0.2) is 40.8 Å². The van der Waals surface area contributed by atoms with Gasteiger partial charge in [0.2, 0.25) is 0 Å². The Balaban J connectivity index is 1.87. The van der Waals surface area contributed by atoms with Crippen LogP contribution >= 0.6 is 0 Å². The normalized spacial score (nSPS) is 21.1. The number of carbonyl (C=O) groups is 1. The van der Waals surface area contributed by atoms with Gasteiger partial charge in [-0.3, -0.25) is 0 Å². The zero-order valence-corrected chi connectivity index (χ0v) is 13.4. The summed E-state index contributed by atoms with van der Waals surface area (Å²) in [6.45, 7) is 9.02. The van der Waals surface area contributed by atoms with E-state index in [9.17, 15) is 4.79 Å². The molecule has 0 radical (unpaired) electrons. The van der Waals surface area contributed by atoms with Crippen LogP contribution in [0.5, 0.6) is 0 Å². The molecule has 2 atom stereocenters. The molecule has 0 saturated carbocycles. The van der Waals surface area contributed by atoms with Crippen LogP contribution in [0.1, 0.15) is 52.3 Å². The van der Waals surface area contributed by atoms with Gasteiger partial charge in [-0.2, -0.15) is 0 Å². The fourth-order valence-electron chi connectivity index (χ4n) is 2.50. The molecule has 1 aromatic heterocycles. The van der Waals surface area contributed by atoms with E-state index in [0.717, 1.165) is 25.1 Å². The van der Waals surface area contributed by atoms with Crippen molar-refractivity contribution in [3.63, 3.8) is 0 Å². The number of piperidine rings is 1. The maximum atomic E-state index is 12.1. The first kappa shape index (κ1) is 15.9. The minimum absolute atomic E-state index is 0.00332. The smallest absolute Gasteiger partial charge is 0.410 e. The van der Waals surface area contributed by atoms with E-state index in [1.54, 1.807) is 4.90 Å². The van der Waals surface area contributed by atoms with Gasteiger partial charge in [-0.1, -0.05) is 0 Å². The van der Waals surface area contributed by atoms with Crippen LogP contribution < -0.4 is 0 Å². The second kappa shape index (κ2) is 6.52. The van der Waals surface area contributed by atoms with E-state index in [4.69, 9.17) is 9.47 Å². The van der Waals surface area contributed by atoms with E-state index in [1.165, 1.54) is 0 Å². The van der Waals surface area contributed by atoms with Crippen molar-refractivity contribution >= 4 is 6.09 Å². The van der Waals surface area contributed by atoms with Crippen LogP contribution in [0.3, 0.4) is 0 Å². The Kier molecular flexibility index (Phi) is 4.93. The van der Waals surface area contributed by atoms with Gasteiger partial charge in [0.15, 0.2) is 0 Å². The van der Waals surface area contributed by atoms with E-state index in [2.05, 4.69) is 4.98 Å². The second-order valence-corrected chi connectivity index (χ2v) is 6.59. The molecule has 1 aliphatic heterocycles. The highest BCUT2D eigenvalue weighted by molar-refractivity contribution is 5.68. The molecule has 1 unspecified atom stereocenters. The molecule has 1 fully saturated rings. The summed E-state index contributed by atoms with van der Waals surface area (Å²) >= 11 is 0. The highest BCUT2D eigenvalue weighted by atomic mass is 16.6. The van der Waals surface area contributed by atoms with E-state index < -0.39 is 5.60 Å². The quantitative estimate of drug-likeness (QED) is 0.928. The summed E-state index contributed by atoms with van der Waals surface area (Å²) < 4.78 is 11.5. The molecule has 0 spiro atoms. The molecule has 5 nitrogen and oxygen atoms in total. The van der Waals surface area contributed by atoms with Crippen LogP contribution in [0.25, 0.3) is 0 Å². The van der Waals surface area contributed by atoms with Gasteiger partial charge in [0.05, 0.1) is 18.8 Å². The number of amides is 1. The zero-order valence-electron chi connectivity index (χ0n) is 13.4. The minimum atomic E-state index is -0.456. The maximum Gasteiger partial charge on any atom is 0.410 e. The number of aromatic nitrogens is 1. The van der Waals surface area contributed by atoms with Crippen LogP contribution in [0.2, 0.25) is 0 Å². The van der Waals surface area contributed by atoms with Crippen molar-refractivity contribution in [2.24, 2.45) is 0 Å². The van der Waals surface area contributed by atoms with Crippen molar-refractivity contribution in [2.45, 2.75) is 58.3 Å². The van der Waals surface area contributed by atoms with Crippen molar-refractivity contribution in [1.82, 2.24) is 9.88 Å². The third-order valence-electron chi connectivity index (χ3n) is 3.49. The Bertz CT molecular complexity index is 451. The highest BCUT2D eigenvalue weighted by Gasteiger charge is 2.29. The Morgan fingerprint density at radius 3 is 2.86 bits per heavy atom. The number of H-pyrrole nitrogens is 1. The lowest BCUT2D eigenvalue weighted by Gasteiger charge is -2.35. The fourth-order valence-corrected chi connectivity index (χ4v) is 2.50. The standard InChI is InChI=1S/C16H26N2O3/c1-12(14-8-5-9-17-14)20-13-7-6-10-18(11-13)15(19)21-16(2,3)4/h5,8-9,12-13,17H,6-7,10-11H2,1-4H3/t12?,13-/m0/s1. The van der Waals surface area contributed by atoms with Gasteiger partial charge in [0.25, 0.3) is 0 Å². The number of nitrogens with one attached hydrogen (secondary N) is 1. The predicted molar refractivity (Wildman–Crippen MR) is 81.1 cm³/mol. The lowest BCUT2D eigenvalue weighted by Crippen LogP contribution is -2.45. The first-order chi connectivity index (χ1) is 9.85. The van der Waals surface area contributed by atoms with Gasteiger partial charge in [0, 0.05) is 18.4 Å². The molecule has 5 heteroatoms. The first-order valence-corrected chi connectivity index (χ1v) is 7.62. The third kappa shape index (κ3) is 4.77. The Labute approximate surface area is 126 Å². The van der Waals surface area contributed by atoms with Crippen LogP contribution in [0.15, 0.2) is 18.3 Å². The SMILES string of the molecule is CC(O[C@H]1CCCN(C(=O)OC(C)(C)C)C1)c1ccc[nH]1. The molecule has 0 aromatic carbocycles. The van der Waals surface area contributed by atoms with Crippen LogP contribution in [-0.2, 0) is 9.47 Å². The largest absolute Gasteiger partial charge is 0.444 e. The molecule has 1 N–H and O–H groups in total. The van der Waals surface area contributed by atoms with E-state index in [0.29, 0.717) is 6.54 Å². The van der Waals surface area contributed by atoms with Crippen LogP contribution in [0.4, 0.5) is 4.79 Å². The summed E-state index contributed by atoms with van der Waals surface area (Å²) in [5, 5.41) is 0. The summed E-state index contributed by atoms with van der Waals surface area (Å²) in [6.07, 6.45) is 3.63. The molecule has 1 amide bonds. The molecule has 0 aliphatic carbocycles. The number of rotatable bonds is 3. The van der Waals surface area contributed by atoms with Crippen molar-refractivity contribution in [3.05, 3.63) is 24.0 Å². The molecule has 2 rings (SSSR count). The van der Waals surface area contributed by atoms with Gasteiger partial charge in [-0.05, 0) is 52.7 Å². The van der Waals surface area contributed by atoms with Crippen molar-refractivity contribution < 1.29 is 14.3 Å². The molecule has 21 heavy (non-hydrogen) atoms. The zero-order chi connectivity index (χ0) is 15.5. The van der Waals surface area contributed by atoms with Gasteiger partial charge in [-0.25, -0.2) is 4.79 Å². The number of aromatic amines is 1. The molecule has 118 valence electrons. The highest BCUT2D eigenvalue weighted by Crippen LogP contribution is 2.23. The molecule has 2 heterocycles. The summed E-state index contributed by atoms with van der Waals surface area (Å²) in [5.41, 5.74) is 0.604. The summed E-state index contributed by atoms with van der Waals surface area (Å²) in [5.74, 6) is 0. The second-order valence-electron chi connectivity index (χ2n) is 6.59. The number of carbonyl (C=O) groups excluding carboxylic acids is 1. The molecule has 1 saturated heterocycles.